The Balaban J connectivity index is 1.36. The number of rotatable bonds is 4. The van der Waals surface area contributed by atoms with E-state index in [2.05, 4.69) is 16.7 Å². The maximum absolute atomic E-state index is 13.4. The second-order valence-electron chi connectivity index (χ2n) is 8.68. The smallest absolute Gasteiger partial charge is 0.325 e. The number of aryl methyl sites for hydroxylation is 1. The van der Waals surface area contributed by atoms with Crippen molar-refractivity contribution in [2.75, 3.05) is 6.54 Å². The SMILES string of the molecule is C[C@]1(c2cccc3ccccc23)NC(=O)N(CC(=O)N[C@@H]2CCCc3ccccc32)C1=O. The van der Waals surface area contributed by atoms with Gasteiger partial charge in [-0.05, 0) is 53.6 Å². The van der Waals surface area contributed by atoms with Gasteiger partial charge in [0, 0.05) is 0 Å². The number of fused-ring (bicyclic) bond motifs is 2. The lowest BCUT2D eigenvalue weighted by molar-refractivity contribution is -0.135. The van der Waals surface area contributed by atoms with Crippen molar-refractivity contribution in [1.29, 1.82) is 0 Å². The van der Waals surface area contributed by atoms with E-state index in [4.69, 9.17) is 0 Å². The van der Waals surface area contributed by atoms with Crippen molar-refractivity contribution in [3.8, 4) is 0 Å². The predicted octanol–water partition coefficient (Wildman–Crippen LogP) is 3.80. The molecular formula is C26H25N3O3. The van der Waals surface area contributed by atoms with Gasteiger partial charge in [0.2, 0.25) is 5.91 Å². The molecule has 2 N–H and O–H groups in total. The number of hydrogen-bond donors (Lipinski definition) is 2. The Hall–Kier alpha value is -3.67. The van der Waals surface area contributed by atoms with Crippen molar-refractivity contribution in [2.24, 2.45) is 0 Å². The molecular weight excluding hydrogens is 402 g/mol. The quantitative estimate of drug-likeness (QED) is 0.622. The van der Waals surface area contributed by atoms with Crippen LogP contribution in [0, 0.1) is 0 Å². The van der Waals surface area contributed by atoms with E-state index in [0.717, 1.165) is 46.1 Å². The van der Waals surface area contributed by atoms with E-state index in [-0.39, 0.29) is 18.5 Å². The van der Waals surface area contributed by atoms with Crippen LogP contribution in [0.3, 0.4) is 0 Å². The summed E-state index contributed by atoms with van der Waals surface area (Å²) in [5.74, 6) is -0.754. The summed E-state index contributed by atoms with van der Waals surface area (Å²) in [6.45, 7) is 1.40. The molecule has 1 aliphatic carbocycles. The highest BCUT2D eigenvalue weighted by Gasteiger charge is 2.50. The molecule has 6 heteroatoms. The highest BCUT2D eigenvalue weighted by Crippen LogP contribution is 2.34. The van der Waals surface area contributed by atoms with Crippen LogP contribution in [0.15, 0.2) is 66.7 Å². The van der Waals surface area contributed by atoms with Crippen LogP contribution >= 0.6 is 0 Å². The van der Waals surface area contributed by atoms with Gasteiger partial charge in [-0.1, -0.05) is 66.7 Å². The molecule has 2 aliphatic rings. The van der Waals surface area contributed by atoms with E-state index < -0.39 is 17.5 Å². The Labute approximate surface area is 186 Å². The molecule has 3 aromatic rings. The molecule has 0 unspecified atom stereocenters. The number of hydrogen-bond acceptors (Lipinski definition) is 3. The Morgan fingerprint density at radius 2 is 1.81 bits per heavy atom. The maximum Gasteiger partial charge on any atom is 0.325 e. The number of benzene rings is 3. The largest absolute Gasteiger partial charge is 0.348 e. The molecule has 0 bridgehead atoms. The van der Waals surface area contributed by atoms with Crippen molar-refractivity contribution in [3.05, 3.63) is 83.4 Å². The summed E-state index contributed by atoms with van der Waals surface area (Å²) < 4.78 is 0. The third-order valence-electron chi connectivity index (χ3n) is 6.61. The van der Waals surface area contributed by atoms with Gasteiger partial charge in [-0.15, -0.1) is 0 Å². The van der Waals surface area contributed by atoms with E-state index in [0.29, 0.717) is 0 Å². The predicted molar refractivity (Wildman–Crippen MR) is 122 cm³/mol. The third-order valence-corrected chi connectivity index (χ3v) is 6.61. The molecule has 0 saturated carbocycles. The summed E-state index contributed by atoms with van der Waals surface area (Å²) in [6, 6.07) is 20.9. The molecule has 1 aliphatic heterocycles. The number of amides is 4. The van der Waals surface area contributed by atoms with E-state index >= 15 is 0 Å². The van der Waals surface area contributed by atoms with Crippen LogP contribution in [0.25, 0.3) is 10.8 Å². The fourth-order valence-corrected chi connectivity index (χ4v) is 4.97. The Kier molecular flexibility index (Phi) is 4.93. The third kappa shape index (κ3) is 3.32. The normalized spacial score (nSPS) is 22.5. The van der Waals surface area contributed by atoms with Gasteiger partial charge in [0.15, 0.2) is 0 Å². The molecule has 5 rings (SSSR count). The summed E-state index contributed by atoms with van der Waals surface area (Å²) in [7, 11) is 0. The second-order valence-corrected chi connectivity index (χ2v) is 8.68. The second kappa shape index (κ2) is 7.79. The van der Waals surface area contributed by atoms with Crippen molar-refractivity contribution in [1.82, 2.24) is 15.5 Å². The van der Waals surface area contributed by atoms with Crippen molar-refractivity contribution in [3.63, 3.8) is 0 Å². The van der Waals surface area contributed by atoms with Crippen LogP contribution < -0.4 is 10.6 Å². The minimum absolute atomic E-state index is 0.0994. The summed E-state index contributed by atoms with van der Waals surface area (Å²) >= 11 is 0. The van der Waals surface area contributed by atoms with Gasteiger partial charge in [0.25, 0.3) is 5.91 Å². The molecule has 1 saturated heterocycles. The monoisotopic (exact) mass is 427 g/mol. The number of nitrogens with one attached hydrogen (secondary N) is 2. The van der Waals surface area contributed by atoms with Crippen LogP contribution in [-0.2, 0) is 21.5 Å². The first-order valence-electron chi connectivity index (χ1n) is 11.0. The number of nitrogens with zero attached hydrogens (tertiary/aromatic N) is 1. The lowest BCUT2D eigenvalue weighted by atomic mass is 9.87. The first kappa shape index (κ1) is 20.2. The van der Waals surface area contributed by atoms with Gasteiger partial charge in [-0.25, -0.2) is 4.79 Å². The topological polar surface area (TPSA) is 78.5 Å². The zero-order valence-electron chi connectivity index (χ0n) is 17.9. The molecule has 3 aromatic carbocycles. The highest BCUT2D eigenvalue weighted by atomic mass is 16.2. The Morgan fingerprint density at radius 3 is 2.69 bits per heavy atom. The lowest BCUT2D eigenvalue weighted by Crippen LogP contribution is -2.44. The fraction of sp³-hybridized carbons (Fsp3) is 0.269. The van der Waals surface area contributed by atoms with Crippen LogP contribution in [0.1, 0.15) is 42.5 Å². The summed E-state index contributed by atoms with van der Waals surface area (Å²) in [6.07, 6.45) is 2.83. The molecule has 6 nitrogen and oxygen atoms in total. The van der Waals surface area contributed by atoms with Gasteiger partial charge < -0.3 is 10.6 Å². The first-order valence-corrected chi connectivity index (χ1v) is 11.0. The summed E-state index contributed by atoms with van der Waals surface area (Å²) in [4.78, 5) is 40.0. The number of carbonyl (C=O) groups is 3. The van der Waals surface area contributed by atoms with Crippen LogP contribution in [0.5, 0.6) is 0 Å². The Bertz CT molecular complexity index is 1230. The molecule has 1 heterocycles. The van der Waals surface area contributed by atoms with E-state index in [1.807, 2.05) is 60.7 Å². The van der Waals surface area contributed by atoms with Crippen LogP contribution in [0.2, 0.25) is 0 Å². The highest BCUT2D eigenvalue weighted by molar-refractivity contribution is 6.10. The molecule has 0 spiro atoms. The van der Waals surface area contributed by atoms with E-state index in [9.17, 15) is 14.4 Å². The molecule has 0 radical (unpaired) electrons. The number of imide groups is 1. The minimum atomic E-state index is -1.23. The molecule has 4 amide bonds. The number of urea groups is 1. The summed E-state index contributed by atoms with van der Waals surface area (Å²) in [5, 5.41) is 7.73. The van der Waals surface area contributed by atoms with Crippen LogP contribution in [-0.4, -0.2) is 29.3 Å². The van der Waals surface area contributed by atoms with E-state index in [1.165, 1.54) is 5.56 Å². The molecule has 0 aromatic heterocycles. The van der Waals surface area contributed by atoms with E-state index in [1.54, 1.807) is 6.92 Å². The Morgan fingerprint density at radius 1 is 1.06 bits per heavy atom. The lowest BCUT2D eigenvalue weighted by Gasteiger charge is -2.27. The zero-order valence-corrected chi connectivity index (χ0v) is 17.9. The molecule has 2 atom stereocenters. The van der Waals surface area contributed by atoms with Gasteiger partial charge in [0.1, 0.15) is 12.1 Å². The number of carbonyl (C=O) groups excluding carboxylic acids is 3. The molecule has 32 heavy (non-hydrogen) atoms. The zero-order chi connectivity index (χ0) is 22.3. The maximum atomic E-state index is 13.4. The standard InChI is InChI=1S/C26H25N3O3/c1-26(21-14-6-10-17-8-2-4-12-19(17)21)24(31)29(25(32)28-26)16-23(30)27-22-15-7-11-18-9-3-5-13-20(18)22/h2-6,8-10,12-14,22H,7,11,15-16H2,1H3,(H,27,30)(H,28,32)/t22-,26-/m1/s1. The minimum Gasteiger partial charge on any atom is -0.348 e. The van der Waals surface area contributed by atoms with Crippen molar-refractivity contribution in [2.45, 2.75) is 37.8 Å². The fourth-order valence-electron chi connectivity index (χ4n) is 4.97. The van der Waals surface area contributed by atoms with Gasteiger partial charge in [-0.2, -0.15) is 0 Å². The van der Waals surface area contributed by atoms with Crippen LogP contribution in [0.4, 0.5) is 4.79 Å². The van der Waals surface area contributed by atoms with Crippen molar-refractivity contribution >= 4 is 28.6 Å². The molecule has 162 valence electrons. The van der Waals surface area contributed by atoms with Gasteiger partial charge >= 0.3 is 6.03 Å². The van der Waals surface area contributed by atoms with Gasteiger partial charge in [0.05, 0.1) is 6.04 Å². The molecule has 1 fully saturated rings. The van der Waals surface area contributed by atoms with Gasteiger partial charge in [-0.3, -0.25) is 14.5 Å². The van der Waals surface area contributed by atoms with Crippen molar-refractivity contribution < 1.29 is 14.4 Å². The average Bonchev–Trinajstić information content (AvgIpc) is 3.02. The summed E-state index contributed by atoms with van der Waals surface area (Å²) in [5.41, 5.74) is 1.85. The first-order chi connectivity index (χ1) is 15.5. The average molecular weight is 428 g/mol.